The molecule has 3 nitrogen and oxygen atoms in total. The molecular formula is C11H19N3S. The fourth-order valence-corrected chi connectivity index (χ4v) is 2.48. The monoisotopic (exact) mass is 225 g/mol. The van der Waals surface area contributed by atoms with Crippen molar-refractivity contribution >= 4 is 16.7 Å². The molecule has 15 heavy (non-hydrogen) atoms. The van der Waals surface area contributed by atoms with Crippen LogP contribution >= 0.6 is 11.5 Å². The van der Waals surface area contributed by atoms with Crippen LogP contribution in [0.15, 0.2) is 0 Å². The predicted octanol–water partition coefficient (Wildman–Crippen LogP) is 2.82. The third kappa shape index (κ3) is 2.14. The Kier molecular flexibility index (Phi) is 2.71. The van der Waals surface area contributed by atoms with E-state index in [1.165, 1.54) is 30.8 Å². The van der Waals surface area contributed by atoms with E-state index in [9.17, 15) is 0 Å². The lowest BCUT2D eigenvalue weighted by molar-refractivity contribution is 0.400. The Balaban J connectivity index is 2.12. The van der Waals surface area contributed by atoms with Gasteiger partial charge in [0.1, 0.15) is 5.82 Å². The van der Waals surface area contributed by atoms with Crippen LogP contribution in [0.4, 0.5) is 5.13 Å². The van der Waals surface area contributed by atoms with E-state index in [0.717, 1.165) is 11.0 Å². The van der Waals surface area contributed by atoms with Crippen LogP contribution in [0.1, 0.15) is 45.9 Å². The summed E-state index contributed by atoms with van der Waals surface area (Å²) in [5, 5.41) is 1.07. The fraction of sp³-hybridized carbons (Fsp3) is 0.818. The van der Waals surface area contributed by atoms with Gasteiger partial charge in [-0.1, -0.05) is 20.8 Å². The highest BCUT2D eigenvalue weighted by molar-refractivity contribution is 7.09. The van der Waals surface area contributed by atoms with E-state index in [2.05, 4.69) is 42.1 Å². The molecule has 0 unspecified atom stereocenters. The standard InChI is InChI=1S/C11H19N3S/c1-11(2,3)9-12-10(15-13-9)14(4)8-6-5-7-8/h8H,5-7H2,1-4H3. The lowest BCUT2D eigenvalue weighted by atomic mass is 9.92. The Morgan fingerprint density at radius 3 is 2.40 bits per heavy atom. The van der Waals surface area contributed by atoms with Gasteiger partial charge in [0, 0.05) is 30.0 Å². The van der Waals surface area contributed by atoms with Crippen molar-refractivity contribution in [1.82, 2.24) is 9.36 Å². The summed E-state index contributed by atoms with van der Waals surface area (Å²) in [7, 11) is 2.14. The first-order valence-corrected chi connectivity index (χ1v) is 6.33. The molecule has 1 aliphatic carbocycles. The van der Waals surface area contributed by atoms with Crippen LogP contribution < -0.4 is 4.90 Å². The summed E-state index contributed by atoms with van der Waals surface area (Å²) in [6.45, 7) is 6.46. The average Bonchev–Trinajstić information content (AvgIpc) is 2.46. The minimum Gasteiger partial charge on any atom is -0.347 e. The van der Waals surface area contributed by atoms with Gasteiger partial charge in [-0.3, -0.25) is 0 Å². The second-order valence-corrected chi connectivity index (χ2v) is 6.08. The lowest BCUT2D eigenvalue weighted by Gasteiger charge is -2.34. The van der Waals surface area contributed by atoms with Crippen LogP contribution in [0, 0.1) is 0 Å². The molecule has 0 amide bonds. The van der Waals surface area contributed by atoms with Crippen LogP contribution in [0.2, 0.25) is 0 Å². The predicted molar refractivity (Wildman–Crippen MR) is 64.7 cm³/mol. The normalized spacial score (nSPS) is 17.6. The van der Waals surface area contributed by atoms with Crippen LogP contribution in [-0.4, -0.2) is 22.4 Å². The van der Waals surface area contributed by atoms with Crippen molar-refractivity contribution in [3.05, 3.63) is 5.82 Å². The van der Waals surface area contributed by atoms with E-state index < -0.39 is 0 Å². The molecule has 1 aliphatic rings. The summed E-state index contributed by atoms with van der Waals surface area (Å²) in [5.41, 5.74) is 0.0647. The molecule has 1 heterocycles. The van der Waals surface area contributed by atoms with Crippen molar-refractivity contribution in [2.45, 2.75) is 51.5 Å². The molecule has 84 valence electrons. The van der Waals surface area contributed by atoms with Crippen LogP contribution in [0.3, 0.4) is 0 Å². The Bertz CT molecular complexity index is 336. The summed E-state index contributed by atoms with van der Waals surface area (Å²) in [4.78, 5) is 6.91. The van der Waals surface area contributed by atoms with Crippen LogP contribution in [0.5, 0.6) is 0 Å². The number of anilines is 1. The Labute approximate surface area is 95.7 Å². The summed E-state index contributed by atoms with van der Waals surface area (Å²) < 4.78 is 4.44. The molecule has 1 saturated carbocycles. The summed E-state index contributed by atoms with van der Waals surface area (Å²) in [6.07, 6.45) is 3.97. The maximum atomic E-state index is 4.62. The molecule has 1 aromatic rings. The molecule has 0 radical (unpaired) electrons. The molecule has 0 spiro atoms. The van der Waals surface area contributed by atoms with Crippen molar-refractivity contribution in [1.29, 1.82) is 0 Å². The van der Waals surface area contributed by atoms with E-state index in [-0.39, 0.29) is 5.41 Å². The zero-order valence-electron chi connectivity index (χ0n) is 9.95. The Morgan fingerprint density at radius 2 is 2.00 bits per heavy atom. The molecule has 0 aliphatic heterocycles. The van der Waals surface area contributed by atoms with Gasteiger partial charge < -0.3 is 4.90 Å². The SMILES string of the molecule is CN(c1nc(C(C)(C)C)ns1)C1CCC1. The highest BCUT2D eigenvalue weighted by atomic mass is 32.1. The number of aromatic nitrogens is 2. The molecule has 0 N–H and O–H groups in total. The highest BCUT2D eigenvalue weighted by Gasteiger charge is 2.26. The number of hydrogen-bond donors (Lipinski definition) is 0. The molecule has 0 aromatic carbocycles. The third-order valence-corrected chi connectivity index (χ3v) is 3.82. The second kappa shape index (κ2) is 3.74. The third-order valence-electron chi connectivity index (χ3n) is 3.01. The molecule has 2 rings (SSSR count). The molecule has 0 atom stereocenters. The molecule has 0 saturated heterocycles. The van der Waals surface area contributed by atoms with Gasteiger partial charge >= 0.3 is 0 Å². The summed E-state index contributed by atoms with van der Waals surface area (Å²) in [5.74, 6) is 0.966. The smallest absolute Gasteiger partial charge is 0.205 e. The summed E-state index contributed by atoms with van der Waals surface area (Å²) >= 11 is 1.53. The molecule has 1 fully saturated rings. The van der Waals surface area contributed by atoms with E-state index in [1.54, 1.807) is 0 Å². The average molecular weight is 225 g/mol. The van der Waals surface area contributed by atoms with Crippen LogP contribution in [0.25, 0.3) is 0 Å². The largest absolute Gasteiger partial charge is 0.347 e. The Hall–Kier alpha value is -0.640. The first kappa shape index (κ1) is 10.9. The topological polar surface area (TPSA) is 29.0 Å². The lowest BCUT2D eigenvalue weighted by Crippen LogP contribution is -2.37. The quantitative estimate of drug-likeness (QED) is 0.775. The minimum absolute atomic E-state index is 0.0647. The van der Waals surface area contributed by atoms with Gasteiger partial charge in [-0.05, 0) is 19.3 Å². The molecule has 1 aromatic heterocycles. The maximum absolute atomic E-state index is 4.62. The first-order valence-electron chi connectivity index (χ1n) is 5.55. The van der Waals surface area contributed by atoms with Gasteiger partial charge in [-0.15, -0.1) is 0 Å². The van der Waals surface area contributed by atoms with Gasteiger partial charge in [0.25, 0.3) is 0 Å². The van der Waals surface area contributed by atoms with Crippen molar-refractivity contribution in [3.63, 3.8) is 0 Å². The van der Waals surface area contributed by atoms with Gasteiger partial charge in [-0.25, -0.2) is 4.98 Å². The van der Waals surface area contributed by atoms with Gasteiger partial charge in [0.05, 0.1) is 0 Å². The highest BCUT2D eigenvalue weighted by Crippen LogP contribution is 2.31. The zero-order chi connectivity index (χ0) is 11.1. The van der Waals surface area contributed by atoms with Crippen molar-refractivity contribution < 1.29 is 0 Å². The van der Waals surface area contributed by atoms with Crippen molar-refractivity contribution in [2.75, 3.05) is 11.9 Å². The van der Waals surface area contributed by atoms with Gasteiger partial charge in [0.2, 0.25) is 5.13 Å². The summed E-state index contributed by atoms with van der Waals surface area (Å²) in [6, 6.07) is 0.700. The first-order chi connectivity index (χ1) is 6.98. The fourth-order valence-electron chi connectivity index (χ4n) is 1.59. The maximum Gasteiger partial charge on any atom is 0.205 e. The number of nitrogens with zero attached hydrogens (tertiary/aromatic N) is 3. The number of hydrogen-bond acceptors (Lipinski definition) is 4. The number of rotatable bonds is 2. The van der Waals surface area contributed by atoms with E-state index in [4.69, 9.17) is 0 Å². The molecular weight excluding hydrogens is 206 g/mol. The minimum atomic E-state index is 0.0647. The molecule has 0 bridgehead atoms. The second-order valence-electron chi connectivity index (χ2n) is 5.35. The zero-order valence-corrected chi connectivity index (χ0v) is 10.8. The molecule has 4 heteroatoms. The van der Waals surface area contributed by atoms with Crippen molar-refractivity contribution in [3.8, 4) is 0 Å². The Morgan fingerprint density at radius 1 is 1.33 bits per heavy atom. The van der Waals surface area contributed by atoms with E-state index in [1.807, 2.05) is 0 Å². The van der Waals surface area contributed by atoms with E-state index in [0.29, 0.717) is 6.04 Å². The van der Waals surface area contributed by atoms with Crippen molar-refractivity contribution in [2.24, 2.45) is 0 Å². The van der Waals surface area contributed by atoms with Crippen LogP contribution in [-0.2, 0) is 5.41 Å². The van der Waals surface area contributed by atoms with E-state index >= 15 is 0 Å². The van der Waals surface area contributed by atoms with Gasteiger partial charge in [0.15, 0.2) is 0 Å². The van der Waals surface area contributed by atoms with Gasteiger partial charge in [-0.2, -0.15) is 4.37 Å².